The summed E-state index contributed by atoms with van der Waals surface area (Å²) in [7, 11) is 0. The number of hydrogen-bond acceptors (Lipinski definition) is 4. The van der Waals surface area contributed by atoms with E-state index in [1.807, 2.05) is 24.3 Å². The highest BCUT2D eigenvalue weighted by atomic mass is 16.1. The minimum atomic E-state index is 0.0307. The first kappa shape index (κ1) is 12.8. The molecule has 3 rings (SSSR count). The monoisotopic (exact) mass is 271 g/mol. The third-order valence-electron chi connectivity index (χ3n) is 3.16. The third kappa shape index (κ3) is 3.42. The van der Waals surface area contributed by atoms with Crippen molar-refractivity contribution in [1.82, 2.24) is 20.3 Å². The van der Waals surface area contributed by atoms with E-state index >= 15 is 0 Å². The Morgan fingerprint density at radius 1 is 1.20 bits per heavy atom. The number of aromatic nitrogens is 3. The fraction of sp³-hybridized carbons (Fsp3) is 0.357. The molecule has 0 spiro atoms. The topological polar surface area (TPSA) is 71.8 Å². The van der Waals surface area contributed by atoms with E-state index in [4.69, 9.17) is 0 Å². The number of nitrogens with zero attached hydrogens (tertiary/aromatic N) is 3. The van der Waals surface area contributed by atoms with Crippen LogP contribution in [0.3, 0.4) is 0 Å². The SMILES string of the molecule is O=C(CCNC1CC1)Nc1ccc(-n2nccn2)cc1. The average Bonchev–Trinajstić information content (AvgIpc) is 3.11. The van der Waals surface area contributed by atoms with Crippen LogP contribution in [0.5, 0.6) is 0 Å². The van der Waals surface area contributed by atoms with Crippen LogP contribution < -0.4 is 10.6 Å². The number of nitrogens with one attached hydrogen (secondary N) is 2. The molecule has 1 fully saturated rings. The molecule has 1 aromatic heterocycles. The Hall–Kier alpha value is -2.21. The third-order valence-corrected chi connectivity index (χ3v) is 3.16. The summed E-state index contributed by atoms with van der Waals surface area (Å²) in [5.41, 5.74) is 1.65. The summed E-state index contributed by atoms with van der Waals surface area (Å²) in [5, 5.41) is 14.3. The number of carbonyl (C=O) groups is 1. The van der Waals surface area contributed by atoms with Crippen molar-refractivity contribution < 1.29 is 4.79 Å². The van der Waals surface area contributed by atoms with Gasteiger partial charge in [-0.1, -0.05) is 0 Å². The fourth-order valence-electron chi connectivity index (χ4n) is 1.93. The Morgan fingerprint density at radius 3 is 2.55 bits per heavy atom. The number of amides is 1. The molecular formula is C14H17N5O. The van der Waals surface area contributed by atoms with Crippen LogP contribution in [0.25, 0.3) is 5.69 Å². The largest absolute Gasteiger partial charge is 0.326 e. The maximum Gasteiger partial charge on any atom is 0.225 e. The minimum Gasteiger partial charge on any atom is -0.326 e. The van der Waals surface area contributed by atoms with Gasteiger partial charge in [0.1, 0.15) is 0 Å². The zero-order chi connectivity index (χ0) is 13.8. The molecule has 6 nitrogen and oxygen atoms in total. The number of rotatable bonds is 6. The second-order valence-electron chi connectivity index (χ2n) is 4.89. The highest BCUT2D eigenvalue weighted by molar-refractivity contribution is 5.90. The zero-order valence-corrected chi connectivity index (χ0v) is 11.1. The molecule has 2 aromatic rings. The molecule has 1 amide bonds. The molecule has 0 bridgehead atoms. The average molecular weight is 271 g/mol. The number of carbonyl (C=O) groups excluding carboxylic acids is 1. The molecule has 20 heavy (non-hydrogen) atoms. The fourth-order valence-corrected chi connectivity index (χ4v) is 1.93. The first-order chi connectivity index (χ1) is 9.81. The van der Waals surface area contributed by atoms with Gasteiger partial charge in [-0.3, -0.25) is 4.79 Å². The van der Waals surface area contributed by atoms with E-state index in [0.29, 0.717) is 12.5 Å². The van der Waals surface area contributed by atoms with Crippen molar-refractivity contribution >= 4 is 11.6 Å². The summed E-state index contributed by atoms with van der Waals surface area (Å²) in [5.74, 6) is 0.0307. The van der Waals surface area contributed by atoms with Crippen molar-refractivity contribution in [2.45, 2.75) is 25.3 Å². The van der Waals surface area contributed by atoms with E-state index in [9.17, 15) is 4.79 Å². The van der Waals surface area contributed by atoms with Gasteiger partial charge in [-0.25, -0.2) is 0 Å². The van der Waals surface area contributed by atoms with Crippen molar-refractivity contribution in [3.63, 3.8) is 0 Å². The van der Waals surface area contributed by atoms with E-state index in [0.717, 1.165) is 17.9 Å². The minimum absolute atomic E-state index is 0.0307. The Bertz CT molecular complexity index is 560. The van der Waals surface area contributed by atoms with Crippen molar-refractivity contribution in [2.24, 2.45) is 0 Å². The molecule has 0 saturated heterocycles. The second-order valence-corrected chi connectivity index (χ2v) is 4.89. The van der Waals surface area contributed by atoms with E-state index in [2.05, 4.69) is 20.8 Å². The molecule has 2 N–H and O–H groups in total. The number of benzene rings is 1. The molecule has 0 aliphatic heterocycles. The standard InChI is InChI=1S/C14H17N5O/c20-14(7-8-15-11-1-2-11)18-12-3-5-13(6-4-12)19-16-9-10-17-19/h3-6,9-11,15H,1-2,7-8H2,(H,18,20). The van der Waals surface area contributed by atoms with Gasteiger partial charge in [-0.15, -0.1) is 0 Å². The van der Waals surface area contributed by atoms with Crippen LogP contribution >= 0.6 is 0 Å². The first-order valence-electron chi connectivity index (χ1n) is 6.81. The Labute approximate surface area is 117 Å². The molecular weight excluding hydrogens is 254 g/mol. The molecule has 1 aliphatic carbocycles. The van der Waals surface area contributed by atoms with Crippen LogP contribution in [0.15, 0.2) is 36.7 Å². The molecule has 0 radical (unpaired) electrons. The van der Waals surface area contributed by atoms with Crippen LogP contribution in [0.4, 0.5) is 5.69 Å². The van der Waals surface area contributed by atoms with Gasteiger partial charge < -0.3 is 10.6 Å². The Kier molecular flexibility index (Phi) is 3.73. The molecule has 104 valence electrons. The zero-order valence-electron chi connectivity index (χ0n) is 11.1. The lowest BCUT2D eigenvalue weighted by atomic mass is 10.2. The van der Waals surface area contributed by atoms with E-state index in [1.165, 1.54) is 17.6 Å². The van der Waals surface area contributed by atoms with Crippen LogP contribution in [0.1, 0.15) is 19.3 Å². The highest BCUT2D eigenvalue weighted by Gasteiger charge is 2.20. The van der Waals surface area contributed by atoms with Gasteiger partial charge in [0.05, 0.1) is 18.1 Å². The summed E-state index contributed by atoms with van der Waals surface area (Å²) in [6.07, 6.45) is 6.24. The predicted octanol–water partition coefficient (Wildman–Crippen LogP) is 1.35. The lowest BCUT2D eigenvalue weighted by Gasteiger charge is -2.06. The smallest absolute Gasteiger partial charge is 0.225 e. The van der Waals surface area contributed by atoms with Gasteiger partial charge in [0.15, 0.2) is 0 Å². The first-order valence-corrected chi connectivity index (χ1v) is 6.81. The Morgan fingerprint density at radius 2 is 1.90 bits per heavy atom. The van der Waals surface area contributed by atoms with Crippen molar-refractivity contribution in [3.8, 4) is 5.69 Å². The van der Waals surface area contributed by atoms with Gasteiger partial charge in [0.2, 0.25) is 5.91 Å². The lowest BCUT2D eigenvalue weighted by molar-refractivity contribution is -0.116. The van der Waals surface area contributed by atoms with Crippen LogP contribution in [-0.2, 0) is 4.79 Å². The summed E-state index contributed by atoms with van der Waals surface area (Å²) < 4.78 is 0. The predicted molar refractivity (Wildman–Crippen MR) is 75.6 cm³/mol. The van der Waals surface area contributed by atoms with Gasteiger partial charge in [0, 0.05) is 24.7 Å². The molecule has 0 unspecified atom stereocenters. The summed E-state index contributed by atoms with van der Waals surface area (Å²) in [6, 6.07) is 8.09. The second kappa shape index (κ2) is 5.83. The summed E-state index contributed by atoms with van der Waals surface area (Å²) in [6.45, 7) is 0.742. The van der Waals surface area contributed by atoms with Crippen molar-refractivity contribution in [1.29, 1.82) is 0 Å². The van der Waals surface area contributed by atoms with E-state index in [-0.39, 0.29) is 5.91 Å². The molecule has 6 heteroatoms. The van der Waals surface area contributed by atoms with Crippen LogP contribution in [-0.4, -0.2) is 33.5 Å². The van der Waals surface area contributed by atoms with Gasteiger partial charge in [-0.05, 0) is 37.1 Å². The van der Waals surface area contributed by atoms with Gasteiger partial charge >= 0.3 is 0 Å². The van der Waals surface area contributed by atoms with E-state index in [1.54, 1.807) is 12.4 Å². The van der Waals surface area contributed by atoms with Crippen molar-refractivity contribution in [3.05, 3.63) is 36.7 Å². The maximum absolute atomic E-state index is 11.7. The maximum atomic E-state index is 11.7. The highest BCUT2D eigenvalue weighted by Crippen LogP contribution is 2.18. The summed E-state index contributed by atoms with van der Waals surface area (Å²) in [4.78, 5) is 13.3. The van der Waals surface area contributed by atoms with E-state index < -0.39 is 0 Å². The number of hydrogen-bond donors (Lipinski definition) is 2. The van der Waals surface area contributed by atoms with Gasteiger partial charge in [0.25, 0.3) is 0 Å². The van der Waals surface area contributed by atoms with Crippen LogP contribution in [0, 0.1) is 0 Å². The van der Waals surface area contributed by atoms with Crippen LogP contribution in [0.2, 0.25) is 0 Å². The summed E-state index contributed by atoms with van der Waals surface area (Å²) >= 11 is 0. The molecule has 1 heterocycles. The normalized spacial score (nSPS) is 14.2. The van der Waals surface area contributed by atoms with Crippen molar-refractivity contribution in [2.75, 3.05) is 11.9 Å². The molecule has 1 aromatic carbocycles. The number of anilines is 1. The molecule has 0 atom stereocenters. The molecule has 1 aliphatic rings. The Balaban J connectivity index is 1.50. The lowest BCUT2D eigenvalue weighted by Crippen LogP contribution is -2.23. The molecule has 1 saturated carbocycles. The van der Waals surface area contributed by atoms with Gasteiger partial charge in [-0.2, -0.15) is 15.0 Å². The quantitative estimate of drug-likeness (QED) is 0.832.